The van der Waals surface area contributed by atoms with Crippen LogP contribution >= 0.6 is 11.3 Å². The summed E-state index contributed by atoms with van der Waals surface area (Å²) in [6.07, 6.45) is 8.02. The number of thiazole rings is 1. The molecule has 6 heterocycles. The predicted molar refractivity (Wildman–Crippen MR) is 136 cm³/mol. The summed E-state index contributed by atoms with van der Waals surface area (Å²) < 4.78 is 0. The first-order chi connectivity index (χ1) is 16.6. The minimum atomic E-state index is 0.309. The van der Waals surface area contributed by atoms with E-state index in [1.165, 1.54) is 5.69 Å². The van der Waals surface area contributed by atoms with Crippen LogP contribution in [0.25, 0.3) is 11.0 Å². The lowest BCUT2D eigenvalue weighted by molar-refractivity contribution is 0.489. The highest BCUT2D eigenvalue weighted by Gasteiger charge is 2.28. The quantitative estimate of drug-likeness (QED) is 0.457. The van der Waals surface area contributed by atoms with Crippen molar-refractivity contribution >= 4 is 40.1 Å². The summed E-state index contributed by atoms with van der Waals surface area (Å²) in [5, 5.41) is 4.43. The Hall–Kier alpha value is -3.27. The van der Waals surface area contributed by atoms with E-state index in [1.54, 1.807) is 17.5 Å². The molecule has 9 nitrogen and oxygen atoms in total. The number of piperidine rings is 2. The van der Waals surface area contributed by atoms with E-state index in [0.29, 0.717) is 17.8 Å². The molecule has 6 rings (SSSR count). The number of nitrogens with one attached hydrogen (secondary N) is 1. The zero-order chi connectivity index (χ0) is 23.1. The van der Waals surface area contributed by atoms with Crippen LogP contribution in [0.3, 0.4) is 0 Å². The second-order valence-electron chi connectivity index (χ2n) is 9.26. The lowest BCUT2D eigenvalue weighted by Gasteiger charge is -2.35. The Morgan fingerprint density at radius 2 is 1.85 bits per heavy atom. The molecule has 34 heavy (non-hydrogen) atoms. The van der Waals surface area contributed by atoms with Crippen molar-refractivity contribution in [1.82, 2.24) is 29.9 Å². The number of aromatic amines is 1. The van der Waals surface area contributed by atoms with Gasteiger partial charge in [-0.2, -0.15) is 9.97 Å². The van der Waals surface area contributed by atoms with Gasteiger partial charge in [0, 0.05) is 55.8 Å². The van der Waals surface area contributed by atoms with E-state index < -0.39 is 0 Å². The zero-order valence-electron chi connectivity index (χ0n) is 19.3. The molecule has 2 saturated heterocycles. The number of aryl methyl sites for hydroxylation is 1. The van der Waals surface area contributed by atoms with Crippen molar-refractivity contribution in [3.63, 3.8) is 0 Å². The lowest BCUT2D eigenvalue weighted by atomic mass is 9.94. The van der Waals surface area contributed by atoms with Crippen molar-refractivity contribution in [1.29, 1.82) is 0 Å². The minimum Gasteiger partial charge on any atom is -0.368 e. The number of nitrogens with two attached hydrogens (primary N) is 1. The number of nitrogens with zero attached hydrogens (tertiary/aromatic N) is 7. The maximum atomic E-state index is 5.85. The standard InChI is InChI=1S/C24H29N9S/c1-15-28-20(14-34-15)16-6-11-32(12-7-16)24-30-21-18(4-8-26-21)22(31-24)33-10-2-3-17(13-33)19-5-9-27-23(25)29-19/h4-5,8-9,14,16-17H,2-3,6-7,10-13H2,1H3,(H2,25,27,29)(H,26,30,31). The average molecular weight is 476 g/mol. The lowest BCUT2D eigenvalue weighted by Crippen LogP contribution is -2.37. The van der Waals surface area contributed by atoms with E-state index in [2.05, 4.69) is 43.1 Å². The van der Waals surface area contributed by atoms with Crippen LogP contribution in [0.1, 0.15) is 53.9 Å². The average Bonchev–Trinajstić information content (AvgIpc) is 3.52. The molecule has 3 N–H and O–H groups in total. The number of nitrogen functional groups attached to an aromatic ring is 1. The number of aromatic nitrogens is 6. The molecular weight excluding hydrogens is 446 g/mol. The molecular formula is C24H29N9S. The number of rotatable bonds is 4. The van der Waals surface area contributed by atoms with Gasteiger partial charge in [0.05, 0.1) is 21.8 Å². The van der Waals surface area contributed by atoms with Crippen molar-refractivity contribution in [2.45, 2.75) is 44.4 Å². The first kappa shape index (κ1) is 21.3. The van der Waals surface area contributed by atoms with Crippen molar-refractivity contribution in [2.24, 2.45) is 0 Å². The van der Waals surface area contributed by atoms with Crippen LogP contribution < -0.4 is 15.5 Å². The highest BCUT2D eigenvalue weighted by atomic mass is 32.1. The van der Waals surface area contributed by atoms with Gasteiger partial charge in [-0.1, -0.05) is 0 Å². The van der Waals surface area contributed by atoms with Gasteiger partial charge < -0.3 is 20.5 Å². The van der Waals surface area contributed by atoms with Crippen LogP contribution in [0.15, 0.2) is 29.9 Å². The van der Waals surface area contributed by atoms with Gasteiger partial charge in [-0.05, 0) is 44.7 Å². The van der Waals surface area contributed by atoms with Crippen LogP contribution in [-0.2, 0) is 0 Å². The molecule has 2 aliphatic heterocycles. The Morgan fingerprint density at radius 1 is 0.971 bits per heavy atom. The topological polar surface area (TPSA) is 113 Å². The second kappa shape index (κ2) is 8.83. The largest absolute Gasteiger partial charge is 0.368 e. The Kier molecular flexibility index (Phi) is 5.52. The summed E-state index contributed by atoms with van der Waals surface area (Å²) >= 11 is 1.74. The van der Waals surface area contributed by atoms with Gasteiger partial charge in [-0.15, -0.1) is 11.3 Å². The SMILES string of the molecule is Cc1nc(C2CCN(c3nc(N4CCCC(c5ccnc(N)n5)C4)c4cc[nH]c4n3)CC2)cs1. The normalized spacial score (nSPS) is 19.7. The van der Waals surface area contributed by atoms with Crippen LogP contribution in [0, 0.1) is 6.92 Å². The fraction of sp³-hybridized carbons (Fsp3) is 0.458. The number of fused-ring (bicyclic) bond motifs is 1. The fourth-order valence-corrected chi connectivity index (χ4v) is 5.96. The second-order valence-corrected chi connectivity index (χ2v) is 10.3. The molecule has 2 aliphatic rings. The van der Waals surface area contributed by atoms with Gasteiger partial charge in [-0.3, -0.25) is 0 Å². The summed E-state index contributed by atoms with van der Waals surface area (Å²) in [7, 11) is 0. The maximum absolute atomic E-state index is 5.85. The molecule has 0 aliphatic carbocycles. The Morgan fingerprint density at radius 3 is 2.65 bits per heavy atom. The van der Waals surface area contributed by atoms with Gasteiger partial charge in [0.1, 0.15) is 11.5 Å². The third-order valence-corrected chi connectivity index (χ3v) is 7.84. The smallest absolute Gasteiger partial charge is 0.229 e. The van der Waals surface area contributed by atoms with E-state index >= 15 is 0 Å². The Bertz CT molecular complexity index is 1290. The van der Waals surface area contributed by atoms with Crippen LogP contribution in [-0.4, -0.2) is 56.1 Å². The predicted octanol–water partition coefficient (Wildman–Crippen LogP) is 3.86. The number of hydrogen-bond acceptors (Lipinski definition) is 9. The molecule has 0 radical (unpaired) electrons. The van der Waals surface area contributed by atoms with Crippen molar-refractivity contribution in [2.75, 3.05) is 41.7 Å². The van der Waals surface area contributed by atoms with Gasteiger partial charge >= 0.3 is 0 Å². The summed E-state index contributed by atoms with van der Waals surface area (Å²) in [6, 6.07) is 4.06. The molecule has 0 bridgehead atoms. The number of anilines is 3. The minimum absolute atomic E-state index is 0.309. The molecule has 176 valence electrons. The molecule has 4 aromatic heterocycles. The van der Waals surface area contributed by atoms with E-state index in [1.807, 2.05) is 12.3 Å². The molecule has 0 amide bonds. The van der Waals surface area contributed by atoms with Crippen molar-refractivity contribution in [3.8, 4) is 0 Å². The number of H-pyrrole nitrogens is 1. The Balaban J connectivity index is 1.25. The molecule has 0 spiro atoms. The molecule has 1 unspecified atom stereocenters. The molecule has 2 fully saturated rings. The first-order valence-corrected chi connectivity index (χ1v) is 12.9. The number of hydrogen-bond donors (Lipinski definition) is 2. The van der Waals surface area contributed by atoms with Crippen LogP contribution in [0.4, 0.5) is 17.7 Å². The van der Waals surface area contributed by atoms with E-state index in [0.717, 1.165) is 85.4 Å². The van der Waals surface area contributed by atoms with Crippen LogP contribution in [0.5, 0.6) is 0 Å². The van der Waals surface area contributed by atoms with Gasteiger partial charge in [0.2, 0.25) is 11.9 Å². The summed E-state index contributed by atoms with van der Waals surface area (Å²) in [6.45, 7) is 5.79. The molecule has 0 saturated carbocycles. The highest BCUT2D eigenvalue weighted by Crippen LogP contribution is 2.35. The molecule has 4 aromatic rings. The summed E-state index contributed by atoms with van der Waals surface area (Å²) in [5.74, 6) is 2.99. The fourth-order valence-electron chi connectivity index (χ4n) is 5.27. The van der Waals surface area contributed by atoms with Gasteiger partial charge in [0.15, 0.2) is 0 Å². The van der Waals surface area contributed by atoms with Gasteiger partial charge in [0.25, 0.3) is 0 Å². The van der Waals surface area contributed by atoms with E-state index in [4.69, 9.17) is 20.7 Å². The van der Waals surface area contributed by atoms with Crippen LogP contribution in [0.2, 0.25) is 0 Å². The van der Waals surface area contributed by atoms with Gasteiger partial charge in [-0.25, -0.2) is 15.0 Å². The molecule has 1 atom stereocenters. The van der Waals surface area contributed by atoms with Crippen molar-refractivity contribution < 1.29 is 0 Å². The van der Waals surface area contributed by atoms with Crippen molar-refractivity contribution in [3.05, 3.63) is 46.3 Å². The summed E-state index contributed by atoms with van der Waals surface area (Å²) in [5.41, 5.74) is 9.00. The monoisotopic (exact) mass is 475 g/mol. The third-order valence-electron chi connectivity index (χ3n) is 7.05. The first-order valence-electron chi connectivity index (χ1n) is 12.0. The third kappa shape index (κ3) is 4.06. The van der Waals surface area contributed by atoms with E-state index in [9.17, 15) is 0 Å². The summed E-state index contributed by atoms with van der Waals surface area (Å²) in [4.78, 5) is 31.3. The molecule has 10 heteroatoms. The van der Waals surface area contributed by atoms with E-state index in [-0.39, 0.29) is 0 Å². The zero-order valence-corrected chi connectivity index (χ0v) is 20.1. The highest BCUT2D eigenvalue weighted by molar-refractivity contribution is 7.09. The maximum Gasteiger partial charge on any atom is 0.229 e. The Labute approximate surface area is 202 Å². The molecule has 0 aromatic carbocycles.